The fourth-order valence-electron chi connectivity index (χ4n) is 3.57. The highest BCUT2D eigenvalue weighted by molar-refractivity contribution is 5.99. The number of carbonyl (C=O) groups excluding carboxylic acids is 2. The Balaban J connectivity index is 1.83. The van der Waals surface area contributed by atoms with Gasteiger partial charge in [-0.1, -0.05) is 13.8 Å². The lowest BCUT2D eigenvalue weighted by Crippen LogP contribution is -2.42. The van der Waals surface area contributed by atoms with Crippen molar-refractivity contribution >= 4 is 28.5 Å². The van der Waals surface area contributed by atoms with Gasteiger partial charge in [-0.15, -0.1) is 0 Å². The van der Waals surface area contributed by atoms with Gasteiger partial charge < -0.3 is 21.1 Å². The minimum Gasteiger partial charge on any atom is -0.387 e. The van der Waals surface area contributed by atoms with Crippen molar-refractivity contribution in [1.82, 2.24) is 30.4 Å². The molecular formula is C26H36FN7O3. The first-order valence-corrected chi connectivity index (χ1v) is 12.4. The van der Waals surface area contributed by atoms with E-state index < -0.39 is 17.7 Å². The van der Waals surface area contributed by atoms with Crippen LogP contribution >= 0.6 is 0 Å². The van der Waals surface area contributed by atoms with Gasteiger partial charge in [0.15, 0.2) is 11.5 Å². The lowest BCUT2D eigenvalue weighted by atomic mass is 10.0. The van der Waals surface area contributed by atoms with Crippen LogP contribution < -0.4 is 16.0 Å². The Morgan fingerprint density at radius 2 is 1.81 bits per heavy atom. The molecule has 0 aliphatic carbocycles. The molecule has 4 N–H and O–H groups in total. The number of pyridine rings is 2. The summed E-state index contributed by atoms with van der Waals surface area (Å²) >= 11 is 0. The normalized spacial score (nSPS) is 12.7. The Hall–Kier alpha value is -3.60. The second-order valence-electron chi connectivity index (χ2n) is 10.4. The number of halogens is 1. The predicted octanol–water partition coefficient (Wildman–Crippen LogP) is 3.14. The number of nitrogens with zero attached hydrogens (tertiary/aromatic N) is 4. The molecule has 0 saturated heterocycles. The van der Waals surface area contributed by atoms with Crippen LogP contribution in [0.5, 0.6) is 0 Å². The molecule has 0 bridgehead atoms. The van der Waals surface area contributed by atoms with Crippen LogP contribution in [0.4, 0.5) is 10.1 Å². The highest BCUT2D eigenvalue weighted by atomic mass is 19.1. The van der Waals surface area contributed by atoms with Gasteiger partial charge in [0.1, 0.15) is 6.17 Å². The number of aromatic nitrogens is 4. The Bertz CT molecular complexity index is 1250. The molecule has 10 nitrogen and oxygen atoms in total. The molecule has 3 aromatic rings. The summed E-state index contributed by atoms with van der Waals surface area (Å²) in [5.74, 6) is 0.209. The van der Waals surface area contributed by atoms with Crippen LogP contribution in [0.3, 0.4) is 0 Å². The minimum absolute atomic E-state index is 0.00746. The first-order chi connectivity index (χ1) is 17.3. The third kappa shape index (κ3) is 7.45. The maximum Gasteiger partial charge on any atom is 0.255 e. The summed E-state index contributed by atoms with van der Waals surface area (Å²) in [6, 6.07) is 3.60. The van der Waals surface area contributed by atoms with Gasteiger partial charge >= 0.3 is 0 Å². The average Bonchev–Trinajstić information content (AvgIpc) is 3.22. The molecule has 37 heavy (non-hydrogen) atoms. The Labute approximate surface area is 216 Å². The lowest BCUT2D eigenvalue weighted by molar-refractivity contribution is -0.121. The van der Waals surface area contributed by atoms with Crippen LogP contribution in [0.1, 0.15) is 63.9 Å². The second-order valence-corrected chi connectivity index (χ2v) is 10.4. The van der Waals surface area contributed by atoms with Crippen LogP contribution in [0.2, 0.25) is 0 Å². The number of anilines is 1. The van der Waals surface area contributed by atoms with E-state index >= 15 is 0 Å². The number of hydrogen-bond acceptors (Lipinski definition) is 7. The van der Waals surface area contributed by atoms with Gasteiger partial charge in [-0.3, -0.25) is 9.59 Å². The van der Waals surface area contributed by atoms with Crippen molar-refractivity contribution in [2.24, 2.45) is 5.92 Å². The van der Waals surface area contributed by atoms with Crippen LogP contribution in [0, 0.1) is 5.92 Å². The Morgan fingerprint density at radius 3 is 2.46 bits per heavy atom. The molecule has 1 atom stereocenters. The molecule has 11 heteroatoms. The molecule has 0 aromatic carbocycles. The minimum atomic E-state index is -1.62. The maximum absolute atomic E-state index is 14.1. The summed E-state index contributed by atoms with van der Waals surface area (Å²) in [5, 5.41) is 23.6. The smallest absolute Gasteiger partial charge is 0.255 e. The van der Waals surface area contributed by atoms with E-state index in [1.165, 1.54) is 20.0 Å². The van der Waals surface area contributed by atoms with Gasteiger partial charge in [0, 0.05) is 42.9 Å². The van der Waals surface area contributed by atoms with Gasteiger partial charge in [-0.2, -0.15) is 9.78 Å². The van der Waals surface area contributed by atoms with E-state index in [1.807, 2.05) is 33.8 Å². The van der Waals surface area contributed by atoms with Crippen molar-refractivity contribution in [2.45, 2.75) is 72.3 Å². The predicted molar refractivity (Wildman–Crippen MR) is 140 cm³/mol. The summed E-state index contributed by atoms with van der Waals surface area (Å²) in [6.45, 7) is 10.6. The van der Waals surface area contributed by atoms with Crippen molar-refractivity contribution in [3.05, 3.63) is 41.9 Å². The monoisotopic (exact) mass is 513 g/mol. The van der Waals surface area contributed by atoms with Gasteiger partial charge in [0.05, 0.1) is 29.6 Å². The molecule has 0 saturated carbocycles. The van der Waals surface area contributed by atoms with Crippen LogP contribution in [-0.2, 0) is 11.3 Å². The maximum atomic E-state index is 14.1. The largest absolute Gasteiger partial charge is 0.387 e. The van der Waals surface area contributed by atoms with E-state index in [0.717, 1.165) is 10.9 Å². The highest BCUT2D eigenvalue weighted by Gasteiger charge is 2.27. The molecule has 3 heterocycles. The number of hydrogen-bond donors (Lipinski definition) is 4. The van der Waals surface area contributed by atoms with Crippen molar-refractivity contribution in [3.8, 4) is 5.82 Å². The molecular weight excluding hydrogens is 477 g/mol. The molecule has 0 spiro atoms. The quantitative estimate of drug-likeness (QED) is 0.309. The van der Waals surface area contributed by atoms with Crippen molar-refractivity contribution in [1.29, 1.82) is 0 Å². The number of fused-ring (bicyclic) bond motifs is 1. The number of carbonyl (C=O) groups is 2. The Kier molecular flexibility index (Phi) is 8.80. The molecule has 0 aliphatic rings. The number of nitrogens with one attached hydrogen (secondary N) is 3. The number of alkyl halides is 1. The average molecular weight is 514 g/mol. The van der Waals surface area contributed by atoms with Crippen LogP contribution in [0.25, 0.3) is 16.9 Å². The fourth-order valence-corrected chi connectivity index (χ4v) is 3.57. The first kappa shape index (κ1) is 28.0. The van der Waals surface area contributed by atoms with Crippen molar-refractivity contribution in [2.75, 3.05) is 11.9 Å². The number of aliphatic hydroxyl groups is 1. The topological polar surface area (TPSA) is 134 Å². The van der Waals surface area contributed by atoms with Gasteiger partial charge in [0.2, 0.25) is 5.91 Å². The summed E-state index contributed by atoms with van der Waals surface area (Å²) in [4.78, 5) is 33.7. The van der Waals surface area contributed by atoms with E-state index in [1.54, 1.807) is 23.1 Å². The fraction of sp³-hybridized carbons (Fsp3) is 0.500. The molecule has 200 valence electrons. The van der Waals surface area contributed by atoms with Crippen LogP contribution in [-0.4, -0.2) is 61.0 Å². The van der Waals surface area contributed by atoms with Gasteiger partial charge in [0.25, 0.3) is 5.91 Å². The van der Waals surface area contributed by atoms with E-state index in [2.05, 4.69) is 31.0 Å². The zero-order valence-corrected chi connectivity index (χ0v) is 22.2. The first-order valence-electron chi connectivity index (χ1n) is 12.4. The zero-order valence-electron chi connectivity index (χ0n) is 22.2. The Morgan fingerprint density at radius 1 is 1.08 bits per heavy atom. The third-order valence-corrected chi connectivity index (χ3v) is 5.55. The molecule has 3 aromatic heterocycles. The summed E-state index contributed by atoms with van der Waals surface area (Å²) in [5.41, 5.74) is 0.599. The lowest BCUT2D eigenvalue weighted by Gasteiger charge is -2.23. The van der Waals surface area contributed by atoms with Crippen molar-refractivity contribution in [3.63, 3.8) is 0 Å². The van der Waals surface area contributed by atoms with E-state index in [-0.39, 0.29) is 30.0 Å². The van der Waals surface area contributed by atoms with E-state index in [9.17, 15) is 19.1 Å². The standard InChI is InChI=1S/C26H36FN7O3/c1-15(2)7-23(35)29-10-17-8-18-12-32-34(24(18)30-11-17)22-9-20(33-16(3)4)19(13-28-22)25(36)31-14-21(27)26(5,6)37/h8-9,11-13,15-16,21,37H,7,10,14H2,1-6H3,(H,28,33)(H,29,35)(H,31,36). The molecule has 0 radical (unpaired) electrons. The zero-order chi connectivity index (χ0) is 27.3. The summed E-state index contributed by atoms with van der Waals surface area (Å²) < 4.78 is 15.7. The van der Waals surface area contributed by atoms with E-state index in [0.29, 0.717) is 30.1 Å². The third-order valence-electron chi connectivity index (χ3n) is 5.55. The molecule has 3 rings (SSSR count). The van der Waals surface area contributed by atoms with E-state index in [4.69, 9.17) is 0 Å². The van der Waals surface area contributed by atoms with Crippen molar-refractivity contribution < 1.29 is 19.1 Å². The van der Waals surface area contributed by atoms with Gasteiger partial charge in [-0.05, 0) is 45.2 Å². The SMILES string of the molecule is CC(C)CC(=O)NCc1cnc2c(cnn2-c2cc(NC(C)C)c(C(=O)NCC(F)C(C)(C)O)cn2)c1. The molecule has 0 aliphatic heterocycles. The highest BCUT2D eigenvalue weighted by Crippen LogP contribution is 2.22. The number of rotatable bonds is 11. The molecule has 1 unspecified atom stereocenters. The summed E-state index contributed by atoms with van der Waals surface area (Å²) in [6.07, 6.45) is 3.59. The molecule has 0 fully saturated rings. The number of amides is 2. The molecule has 2 amide bonds. The second kappa shape index (κ2) is 11.6. The van der Waals surface area contributed by atoms with Gasteiger partial charge in [-0.25, -0.2) is 14.4 Å². The summed E-state index contributed by atoms with van der Waals surface area (Å²) in [7, 11) is 0. The van der Waals surface area contributed by atoms with Crippen LogP contribution in [0.15, 0.2) is 30.7 Å².